The Hall–Kier alpha value is -2.99. The molecule has 0 amide bonds. The molecule has 2 aromatic carbocycles. The SMILES string of the molecule is C[C@@H](CNc1ccnc(Nc2ccc3ncsc3c2)n1)c1ccccc1. The molecule has 6 heteroatoms. The monoisotopic (exact) mass is 361 g/mol. The maximum atomic E-state index is 4.56. The van der Waals surface area contributed by atoms with Crippen LogP contribution in [-0.4, -0.2) is 21.5 Å². The number of fused-ring (bicyclic) bond motifs is 1. The zero-order valence-electron chi connectivity index (χ0n) is 14.4. The molecule has 0 saturated carbocycles. The van der Waals surface area contributed by atoms with E-state index in [1.54, 1.807) is 17.5 Å². The van der Waals surface area contributed by atoms with Crippen molar-refractivity contribution in [2.24, 2.45) is 0 Å². The van der Waals surface area contributed by atoms with Crippen LogP contribution in [0.25, 0.3) is 10.2 Å². The van der Waals surface area contributed by atoms with Gasteiger partial charge < -0.3 is 10.6 Å². The highest BCUT2D eigenvalue weighted by Gasteiger charge is 2.06. The summed E-state index contributed by atoms with van der Waals surface area (Å²) in [5.74, 6) is 1.78. The van der Waals surface area contributed by atoms with Crippen LogP contribution in [0.1, 0.15) is 18.4 Å². The van der Waals surface area contributed by atoms with Gasteiger partial charge in [0.1, 0.15) is 5.82 Å². The molecule has 0 unspecified atom stereocenters. The zero-order chi connectivity index (χ0) is 17.8. The molecule has 0 aliphatic carbocycles. The van der Waals surface area contributed by atoms with E-state index in [2.05, 4.69) is 62.8 Å². The van der Waals surface area contributed by atoms with E-state index in [-0.39, 0.29) is 0 Å². The van der Waals surface area contributed by atoms with Gasteiger partial charge >= 0.3 is 0 Å². The minimum atomic E-state index is 0.399. The lowest BCUT2D eigenvalue weighted by atomic mass is 10.0. The molecule has 0 fully saturated rings. The van der Waals surface area contributed by atoms with Crippen molar-refractivity contribution in [1.29, 1.82) is 0 Å². The predicted octanol–water partition coefficient (Wildman–Crippen LogP) is 5.05. The summed E-state index contributed by atoms with van der Waals surface area (Å²) in [6.07, 6.45) is 1.76. The highest BCUT2D eigenvalue weighted by atomic mass is 32.1. The van der Waals surface area contributed by atoms with Crippen LogP contribution in [0.5, 0.6) is 0 Å². The summed E-state index contributed by atoms with van der Waals surface area (Å²) in [5.41, 5.74) is 5.12. The summed E-state index contributed by atoms with van der Waals surface area (Å²) >= 11 is 1.62. The Balaban J connectivity index is 1.43. The lowest BCUT2D eigenvalue weighted by Crippen LogP contribution is -2.11. The number of rotatable bonds is 6. The second-order valence-corrected chi connectivity index (χ2v) is 7.00. The van der Waals surface area contributed by atoms with E-state index in [4.69, 9.17) is 0 Å². The first kappa shape index (κ1) is 16.5. The van der Waals surface area contributed by atoms with Crippen LogP contribution in [0.15, 0.2) is 66.3 Å². The normalized spacial score (nSPS) is 12.0. The zero-order valence-corrected chi connectivity index (χ0v) is 15.2. The van der Waals surface area contributed by atoms with E-state index in [1.165, 1.54) is 5.56 Å². The molecular weight excluding hydrogens is 342 g/mol. The molecule has 0 aliphatic rings. The summed E-state index contributed by atoms with van der Waals surface area (Å²) in [6, 6.07) is 18.4. The Bertz CT molecular complexity index is 999. The van der Waals surface area contributed by atoms with Gasteiger partial charge in [-0.25, -0.2) is 9.97 Å². The molecule has 0 saturated heterocycles. The minimum Gasteiger partial charge on any atom is -0.369 e. The average molecular weight is 361 g/mol. The fourth-order valence-electron chi connectivity index (χ4n) is 2.74. The summed E-state index contributed by atoms with van der Waals surface area (Å²) in [6.45, 7) is 3.01. The molecule has 2 heterocycles. The fourth-order valence-corrected chi connectivity index (χ4v) is 3.45. The number of nitrogens with zero attached hydrogens (tertiary/aromatic N) is 3. The smallest absolute Gasteiger partial charge is 0.229 e. The van der Waals surface area contributed by atoms with E-state index in [1.807, 2.05) is 29.8 Å². The number of thiazole rings is 1. The summed E-state index contributed by atoms with van der Waals surface area (Å²) in [4.78, 5) is 13.2. The van der Waals surface area contributed by atoms with Crippen molar-refractivity contribution < 1.29 is 0 Å². The van der Waals surface area contributed by atoms with Crippen molar-refractivity contribution in [1.82, 2.24) is 15.0 Å². The van der Waals surface area contributed by atoms with Gasteiger partial charge in [0.25, 0.3) is 0 Å². The molecule has 2 aromatic heterocycles. The Morgan fingerprint density at radius 1 is 1.04 bits per heavy atom. The highest BCUT2D eigenvalue weighted by molar-refractivity contribution is 7.16. The van der Waals surface area contributed by atoms with Gasteiger partial charge in [0.05, 0.1) is 15.7 Å². The van der Waals surface area contributed by atoms with Crippen LogP contribution in [0.3, 0.4) is 0 Å². The Morgan fingerprint density at radius 2 is 1.92 bits per heavy atom. The number of hydrogen-bond donors (Lipinski definition) is 2. The second kappa shape index (κ2) is 7.49. The maximum absolute atomic E-state index is 4.56. The van der Waals surface area contributed by atoms with Crippen molar-refractivity contribution in [2.75, 3.05) is 17.2 Å². The second-order valence-electron chi connectivity index (χ2n) is 6.12. The summed E-state index contributed by atoms with van der Waals surface area (Å²) in [7, 11) is 0. The van der Waals surface area contributed by atoms with Gasteiger partial charge in [-0.1, -0.05) is 37.3 Å². The van der Waals surface area contributed by atoms with Gasteiger partial charge in [-0.3, -0.25) is 0 Å². The minimum absolute atomic E-state index is 0.399. The van der Waals surface area contributed by atoms with Crippen LogP contribution < -0.4 is 10.6 Å². The number of benzene rings is 2. The quantitative estimate of drug-likeness (QED) is 0.503. The molecule has 0 radical (unpaired) electrons. The van der Waals surface area contributed by atoms with E-state index in [0.717, 1.165) is 28.3 Å². The van der Waals surface area contributed by atoms with Crippen molar-refractivity contribution in [3.8, 4) is 0 Å². The first-order chi connectivity index (χ1) is 12.8. The van der Waals surface area contributed by atoms with E-state index in [0.29, 0.717) is 11.9 Å². The summed E-state index contributed by atoms with van der Waals surface area (Å²) < 4.78 is 1.14. The molecule has 0 bridgehead atoms. The lowest BCUT2D eigenvalue weighted by molar-refractivity contribution is 0.801. The van der Waals surface area contributed by atoms with E-state index in [9.17, 15) is 0 Å². The molecule has 5 nitrogen and oxygen atoms in total. The van der Waals surface area contributed by atoms with Gasteiger partial charge in [-0.15, -0.1) is 11.3 Å². The molecule has 4 rings (SSSR count). The highest BCUT2D eigenvalue weighted by Crippen LogP contribution is 2.23. The number of hydrogen-bond acceptors (Lipinski definition) is 6. The molecule has 1 atom stereocenters. The first-order valence-corrected chi connectivity index (χ1v) is 9.38. The van der Waals surface area contributed by atoms with Gasteiger partial charge in [-0.05, 0) is 35.7 Å². The van der Waals surface area contributed by atoms with Gasteiger partial charge in [-0.2, -0.15) is 4.98 Å². The number of anilines is 3. The van der Waals surface area contributed by atoms with Gasteiger partial charge in [0, 0.05) is 18.4 Å². The van der Waals surface area contributed by atoms with Crippen molar-refractivity contribution >= 4 is 39.0 Å². The number of aromatic nitrogens is 3. The average Bonchev–Trinajstić information content (AvgIpc) is 3.15. The van der Waals surface area contributed by atoms with Crippen LogP contribution >= 0.6 is 11.3 Å². The number of nitrogens with one attached hydrogen (secondary N) is 2. The first-order valence-electron chi connectivity index (χ1n) is 8.50. The maximum Gasteiger partial charge on any atom is 0.229 e. The molecule has 26 heavy (non-hydrogen) atoms. The van der Waals surface area contributed by atoms with E-state index < -0.39 is 0 Å². The third kappa shape index (κ3) is 3.81. The molecule has 0 spiro atoms. The van der Waals surface area contributed by atoms with E-state index >= 15 is 0 Å². The standard InChI is InChI=1S/C20H19N5S/c1-14(15-5-3-2-4-6-15)12-22-19-9-10-21-20(25-19)24-16-7-8-17-18(11-16)26-13-23-17/h2-11,13-14H,12H2,1H3,(H2,21,22,24,25)/t14-/m0/s1. The van der Waals surface area contributed by atoms with Crippen LogP contribution in [0.2, 0.25) is 0 Å². The van der Waals surface area contributed by atoms with Crippen molar-refractivity contribution in [3.05, 3.63) is 71.9 Å². The summed E-state index contributed by atoms with van der Waals surface area (Å²) in [5, 5.41) is 6.66. The molecule has 0 aliphatic heterocycles. The Kier molecular flexibility index (Phi) is 4.75. The van der Waals surface area contributed by atoms with Crippen LogP contribution in [0.4, 0.5) is 17.5 Å². The molecule has 2 N–H and O–H groups in total. The van der Waals surface area contributed by atoms with Crippen molar-refractivity contribution in [3.63, 3.8) is 0 Å². The lowest BCUT2D eigenvalue weighted by Gasteiger charge is -2.14. The van der Waals surface area contributed by atoms with Crippen molar-refractivity contribution in [2.45, 2.75) is 12.8 Å². The van der Waals surface area contributed by atoms with Crippen LogP contribution in [-0.2, 0) is 0 Å². The molecular formula is C20H19N5S. The largest absolute Gasteiger partial charge is 0.369 e. The molecule has 4 aromatic rings. The third-order valence-electron chi connectivity index (χ3n) is 4.20. The Labute approximate surface area is 156 Å². The molecule has 130 valence electrons. The van der Waals surface area contributed by atoms with Crippen LogP contribution in [0, 0.1) is 0 Å². The topological polar surface area (TPSA) is 62.7 Å². The third-order valence-corrected chi connectivity index (χ3v) is 4.99. The van der Waals surface area contributed by atoms with Gasteiger partial charge in [0.15, 0.2) is 0 Å². The van der Waals surface area contributed by atoms with Gasteiger partial charge in [0.2, 0.25) is 5.95 Å². The Morgan fingerprint density at radius 3 is 2.81 bits per heavy atom. The fraction of sp³-hybridized carbons (Fsp3) is 0.150. The predicted molar refractivity (Wildman–Crippen MR) is 108 cm³/mol.